The average molecular weight is 273 g/mol. The van der Waals surface area contributed by atoms with Crippen LogP contribution in [0.2, 0.25) is 0 Å². The molecule has 2 heterocycles. The van der Waals surface area contributed by atoms with Gasteiger partial charge < -0.3 is 10.2 Å². The van der Waals surface area contributed by atoms with Crippen molar-refractivity contribution in [3.8, 4) is 0 Å². The van der Waals surface area contributed by atoms with Crippen LogP contribution in [0.4, 0.5) is 10.5 Å². The van der Waals surface area contributed by atoms with Gasteiger partial charge in [-0.05, 0) is 37.0 Å². The number of likely N-dealkylation sites (tertiary alicyclic amines) is 1. The van der Waals surface area contributed by atoms with Gasteiger partial charge in [0, 0.05) is 37.9 Å². The molecule has 0 bridgehead atoms. The smallest absolute Gasteiger partial charge is 0.321 e. The van der Waals surface area contributed by atoms with Crippen LogP contribution in [0.25, 0.3) is 0 Å². The minimum atomic E-state index is -0.116. The molecule has 2 aliphatic heterocycles. The normalized spacial score (nSPS) is 17.2. The quantitative estimate of drug-likeness (QED) is 0.845. The highest BCUT2D eigenvalue weighted by molar-refractivity contribution is 5.99. The number of anilines is 1. The second-order valence-corrected chi connectivity index (χ2v) is 5.30. The van der Waals surface area contributed by atoms with Gasteiger partial charge in [-0.1, -0.05) is 6.07 Å². The molecule has 2 aliphatic rings. The summed E-state index contributed by atoms with van der Waals surface area (Å²) in [6.07, 6.45) is 3.02. The molecule has 3 rings (SSSR count). The van der Waals surface area contributed by atoms with Crippen LogP contribution in [-0.4, -0.2) is 43.5 Å². The Kier molecular flexibility index (Phi) is 3.34. The maximum Gasteiger partial charge on any atom is 0.321 e. The lowest BCUT2D eigenvalue weighted by atomic mass is 10.1. The Bertz CT molecular complexity index is 550. The average Bonchev–Trinajstić information content (AvgIpc) is 3.14. The highest BCUT2D eigenvalue weighted by atomic mass is 16.2. The molecule has 0 saturated carbocycles. The van der Waals surface area contributed by atoms with Gasteiger partial charge >= 0.3 is 6.03 Å². The van der Waals surface area contributed by atoms with Gasteiger partial charge in [0.15, 0.2) is 0 Å². The third kappa shape index (κ3) is 2.13. The molecule has 1 aromatic carbocycles. The molecular weight excluding hydrogens is 254 g/mol. The SMILES string of the molecule is CNC(=O)N1CCc2ccc(C(=O)N3CCCC3)cc21. The second kappa shape index (κ2) is 5.15. The first kappa shape index (κ1) is 13.0. The largest absolute Gasteiger partial charge is 0.341 e. The molecule has 1 fully saturated rings. The summed E-state index contributed by atoms with van der Waals surface area (Å²) in [6.45, 7) is 2.36. The maximum atomic E-state index is 12.4. The van der Waals surface area contributed by atoms with Gasteiger partial charge in [0.25, 0.3) is 5.91 Å². The van der Waals surface area contributed by atoms with E-state index in [-0.39, 0.29) is 11.9 Å². The highest BCUT2D eigenvalue weighted by Gasteiger charge is 2.26. The van der Waals surface area contributed by atoms with Crippen LogP contribution in [0.1, 0.15) is 28.8 Å². The highest BCUT2D eigenvalue weighted by Crippen LogP contribution is 2.29. The van der Waals surface area contributed by atoms with Crippen molar-refractivity contribution in [1.29, 1.82) is 0 Å². The molecule has 0 radical (unpaired) electrons. The molecule has 20 heavy (non-hydrogen) atoms. The molecule has 3 amide bonds. The Morgan fingerprint density at radius 2 is 1.90 bits per heavy atom. The van der Waals surface area contributed by atoms with Gasteiger partial charge in [-0.15, -0.1) is 0 Å². The molecule has 1 aromatic rings. The third-order valence-corrected chi connectivity index (χ3v) is 4.08. The molecule has 0 atom stereocenters. The number of amides is 3. The number of rotatable bonds is 1. The fraction of sp³-hybridized carbons (Fsp3) is 0.467. The lowest BCUT2D eigenvalue weighted by molar-refractivity contribution is 0.0793. The summed E-state index contributed by atoms with van der Waals surface area (Å²) in [6, 6.07) is 5.60. The summed E-state index contributed by atoms with van der Waals surface area (Å²) in [5.41, 5.74) is 2.68. The Labute approximate surface area is 118 Å². The first-order valence-corrected chi connectivity index (χ1v) is 7.12. The zero-order chi connectivity index (χ0) is 14.1. The van der Waals surface area contributed by atoms with E-state index in [0.29, 0.717) is 12.1 Å². The monoisotopic (exact) mass is 273 g/mol. The number of benzene rings is 1. The first-order valence-electron chi connectivity index (χ1n) is 7.12. The summed E-state index contributed by atoms with van der Waals surface area (Å²) in [5.74, 6) is 0.0778. The predicted octanol–water partition coefficient (Wildman–Crippen LogP) is 1.62. The van der Waals surface area contributed by atoms with Crippen molar-refractivity contribution in [1.82, 2.24) is 10.2 Å². The summed E-state index contributed by atoms with van der Waals surface area (Å²) in [7, 11) is 1.62. The molecule has 1 saturated heterocycles. The van der Waals surface area contributed by atoms with Crippen molar-refractivity contribution in [3.63, 3.8) is 0 Å². The van der Waals surface area contributed by atoms with Crippen molar-refractivity contribution >= 4 is 17.6 Å². The van der Waals surface area contributed by atoms with E-state index in [2.05, 4.69) is 5.32 Å². The fourth-order valence-corrected chi connectivity index (χ4v) is 2.96. The molecule has 0 aliphatic carbocycles. The summed E-state index contributed by atoms with van der Waals surface area (Å²) >= 11 is 0. The van der Waals surface area contributed by atoms with Crippen LogP contribution >= 0.6 is 0 Å². The van der Waals surface area contributed by atoms with E-state index in [4.69, 9.17) is 0 Å². The summed E-state index contributed by atoms with van der Waals surface area (Å²) in [5, 5.41) is 2.64. The summed E-state index contributed by atoms with van der Waals surface area (Å²) < 4.78 is 0. The number of urea groups is 1. The molecule has 5 nitrogen and oxygen atoms in total. The van der Waals surface area contributed by atoms with Crippen LogP contribution in [0.15, 0.2) is 18.2 Å². The molecule has 0 unspecified atom stereocenters. The van der Waals surface area contributed by atoms with Gasteiger partial charge in [-0.25, -0.2) is 4.79 Å². The number of nitrogens with one attached hydrogen (secondary N) is 1. The van der Waals surface area contributed by atoms with E-state index >= 15 is 0 Å². The van der Waals surface area contributed by atoms with E-state index in [1.54, 1.807) is 11.9 Å². The first-order chi connectivity index (χ1) is 9.70. The number of hydrogen-bond acceptors (Lipinski definition) is 2. The number of nitrogens with zero attached hydrogens (tertiary/aromatic N) is 2. The van der Waals surface area contributed by atoms with E-state index in [1.165, 1.54) is 0 Å². The Balaban J connectivity index is 1.88. The number of hydrogen-bond donors (Lipinski definition) is 1. The van der Waals surface area contributed by atoms with Crippen molar-refractivity contribution in [2.24, 2.45) is 0 Å². The zero-order valence-electron chi connectivity index (χ0n) is 11.7. The van der Waals surface area contributed by atoms with E-state index in [9.17, 15) is 9.59 Å². The maximum absolute atomic E-state index is 12.4. The fourth-order valence-electron chi connectivity index (χ4n) is 2.96. The van der Waals surface area contributed by atoms with Crippen LogP contribution in [0.3, 0.4) is 0 Å². The van der Waals surface area contributed by atoms with Crippen LogP contribution < -0.4 is 10.2 Å². The molecule has 106 valence electrons. The zero-order valence-corrected chi connectivity index (χ0v) is 11.7. The second-order valence-electron chi connectivity index (χ2n) is 5.30. The van der Waals surface area contributed by atoms with Gasteiger partial charge in [0.1, 0.15) is 0 Å². The van der Waals surface area contributed by atoms with Gasteiger partial charge in [-0.3, -0.25) is 9.69 Å². The van der Waals surface area contributed by atoms with E-state index < -0.39 is 0 Å². The van der Waals surface area contributed by atoms with Crippen molar-refractivity contribution in [2.45, 2.75) is 19.3 Å². The topological polar surface area (TPSA) is 52.7 Å². The van der Waals surface area contributed by atoms with E-state index in [1.807, 2.05) is 23.1 Å². The van der Waals surface area contributed by atoms with Crippen LogP contribution in [0.5, 0.6) is 0 Å². The summed E-state index contributed by atoms with van der Waals surface area (Å²) in [4.78, 5) is 27.8. The van der Waals surface area contributed by atoms with E-state index in [0.717, 1.165) is 43.6 Å². The van der Waals surface area contributed by atoms with Crippen LogP contribution in [-0.2, 0) is 6.42 Å². The minimum absolute atomic E-state index is 0.0778. The van der Waals surface area contributed by atoms with Gasteiger partial charge in [-0.2, -0.15) is 0 Å². The lowest BCUT2D eigenvalue weighted by Gasteiger charge is -2.19. The molecule has 1 N–H and O–H groups in total. The molecular formula is C15H19N3O2. The predicted molar refractivity (Wildman–Crippen MR) is 77.1 cm³/mol. The lowest BCUT2D eigenvalue weighted by Crippen LogP contribution is -2.36. The Morgan fingerprint density at radius 3 is 2.60 bits per heavy atom. The molecule has 5 heteroatoms. The van der Waals surface area contributed by atoms with Gasteiger partial charge in [0.2, 0.25) is 0 Å². The number of carbonyl (C=O) groups is 2. The van der Waals surface area contributed by atoms with Crippen molar-refractivity contribution in [3.05, 3.63) is 29.3 Å². The molecule has 0 aromatic heterocycles. The minimum Gasteiger partial charge on any atom is -0.341 e. The van der Waals surface area contributed by atoms with Crippen molar-refractivity contribution < 1.29 is 9.59 Å². The molecule has 0 spiro atoms. The van der Waals surface area contributed by atoms with Crippen molar-refractivity contribution in [2.75, 3.05) is 31.6 Å². The Morgan fingerprint density at radius 1 is 1.15 bits per heavy atom. The number of fused-ring (bicyclic) bond motifs is 1. The number of carbonyl (C=O) groups excluding carboxylic acids is 2. The van der Waals surface area contributed by atoms with Gasteiger partial charge in [0.05, 0.1) is 0 Å². The third-order valence-electron chi connectivity index (χ3n) is 4.08. The van der Waals surface area contributed by atoms with Crippen LogP contribution in [0, 0.1) is 0 Å². The Hall–Kier alpha value is -2.04. The standard InChI is InChI=1S/C15H19N3O2/c1-16-15(20)18-9-6-11-4-5-12(10-13(11)18)14(19)17-7-2-3-8-17/h4-5,10H,2-3,6-9H2,1H3,(H,16,20).